The highest BCUT2D eigenvalue weighted by molar-refractivity contribution is 5.80. The molecule has 3 heteroatoms. The zero-order valence-corrected chi connectivity index (χ0v) is 10.9. The van der Waals surface area contributed by atoms with Crippen molar-refractivity contribution in [1.82, 2.24) is 5.32 Å². The molecular formula is C13H26N2O. The fraction of sp³-hybridized carbons (Fsp3) is 0.923. The van der Waals surface area contributed by atoms with E-state index in [1.807, 2.05) is 13.8 Å². The molecule has 1 aliphatic rings. The summed E-state index contributed by atoms with van der Waals surface area (Å²) < 4.78 is 0. The van der Waals surface area contributed by atoms with Gasteiger partial charge in [-0.05, 0) is 32.6 Å². The molecule has 0 aromatic heterocycles. The highest BCUT2D eigenvalue weighted by Gasteiger charge is 2.29. The maximum atomic E-state index is 11.2. The maximum Gasteiger partial charge on any atom is 0.224 e. The van der Waals surface area contributed by atoms with E-state index in [0.29, 0.717) is 12.6 Å². The van der Waals surface area contributed by atoms with Crippen molar-refractivity contribution in [3.05, 3.63) is 0 Å². The molecule has 0 heterocycles. The van der Waals surface area contributed by atoms with Crippen molar-refractivity contribution in [3.8, 4) is 0 Å². The van der Waals surface area contributed by atoms with Crippen molar-refractivity contribution >= 4 is 5.91 Å². The summed E-state index contributed by atoms with van der Waals surface area (Å²) in [5.74, 6) is 0.557. The summed E-state index contributed by atoms with van der Waals surface area (Å²) >= 11 is 0. The van der Waals surface area contributed by atoms with Crippen molar-refractivity contribution in [2.45, 2.75) is 58.9 Å². The molecule has 1 saturated carbocycles. The molecule has 0 bridgehead atoms. The first kappa shape index (κ1) is 13.5. The van der Waals surface area contributed by atoms with E-state index in [4.69, 9.17) is 5.73 Å². The molecule has 2 atom stereocenters. The molecule has 1 fully saturated rings. The summed E-state index contributed by atoms with van der Waals surface area (Å²) in [6.45, 7) is 6.77. The van der Waals surface area contributed by atoms with Crippen LogP contribution in [0.4, 0.5) is 0 Å². The number of nitrogens with two attached hydrogens (primary N) is 1. The summed E-state index contributed by atoms with van der Waals surface area (Å²) in [5.41, 5.74) is 4.94. The number of carbonyl (C=O) groups excluding carboxylic acids is 1. The van der Waals surface area contributed by atoms with Crippen LogP contribution in [0.2, 0.25) is 0 Å². The number of amides is 1. The third kappa shape index (κ3) is 3.48. The summed E-state index contributed by atoms with van der Waals surface area (Å²) in [7, 11) is 0. The Morgan fingerprint density at radius 1 is 1.38 bits per heavy atom. The number of rotatable bonds is 5. The normalized spacial score (nSPS) is 26.7. The highest BCUT2D eigenvalue weighted by Crippen LogP contribution is 2.27. The number of primary amides is 1. The molecule has 94 valence electrons. The molecule has 0 radical (unpaired) electrons. The molecule has 0 aromatic rings. The Hall–Kier alpha value is -0.570. The molecule has 1 aliphatic carbocycles. The number of hydrogen-bond donors (Lipinski definition) is 2. The van der Waals surface area contributed by atoms with Gasteiger partial charge in [0.15, 0.2) is 0 Å². The Morgan fingerprint density at radius 3 is 2.56 bits per heavy atom. The van der Waals surface area contributed by atoms with Crippen LogP contribution in [-0.4, -0.2) is 18.5 Å². The van der Waals surface area contributed by atoms with Crippen molar-refractivity contribution < 1.29 is 4.79 Å². The van der Waals surface area contributed by atoms with Crippen molar-refractivity contribution in [2.24, 2.45) is 17.1 Å². The highest BCUT2D eigenvalue weighted by atomic mass is 16.1. The van der Waals surface area contributed by atoms with E-state index in [1.165, 1.54) is 32.1 Å². The zero-order valence-electron chi connectivity index (χ0n) is 10.9. The van der Waals surface area contributed by atoms with Crippen molar-refractivity contribution in [2.75, 3.05) is 6.54 Å². The topological polar surface area (TPSA) is 55.1 Å². The largest absolute Gasteiger partial charge is 0.369 e. The van der Waals surface area contributed by atoms with Gasteiger partial charge in [-0.2, -0.15) is 0 Å². The van der Waals surface area contributed by atoms with Crippen molar-refractivity contribution in [3.63, 3.8) is 0 Å². The third-order valence-corrected chi connectivity index (χ3v) is 3.91. The van der Waals surface area contributed by atoms with Crippen LogP contribution in [-0.2, 0) is 4.79 Å². The molecule has 2 unspecified atom stereocenters. The van der Waals surface area contributed by atoms with Crippen LogP contribution in [0.25, 0.3) is 0 Å². The Bertz CT molecular complexity index is 238. The Morgan fingerprint density at radius 2 is 2.00 bits per heavy atom. The van der Waals surface area contributed by atoms with Gasteiger partial charge in [0.1, 0.15) is 0 Å². The van der Waals surface area contributed by atoms with E-state index < -0.39 is 5.41 Å². The zero-order chi connectivity index (χ0) is 12.2. The molecule has 0 saturated heterocycles. The van der Waals surface area contributed by atoms with Crippen LogP contribution in [0.1, 0.15) is 52.9 Å². The quantitative estimate of drug-likeness (QED) is 0.754. The number of hydrogen-bond acceptors (Lipinski definition) is 2. The fourth-order valence-electron chi connectivity index (χ4n) is 2.44. The summed E-state index contributed by atoms with van der Waals surface area (Å²) in [5, 5.41) is 3.54. The van der Waals surface area contributed by atoms with Gasteiger partial charge in [0.05, 0.1) is 5.41 Å². The molecule has 0 aromatic carbocycles. The molecule has 1 rings (SSSR count). The molecule has 16 heavy (non-hydrogen) atoms. The average molecular weight is 226 g/mol. The van der Waals surface area contributed by atoms with E-state index in [1.54, 1.807) is 0 Å². The van der Waals surface area contributed by atoms with Gasteiger partial charge in [0, 0.05) is 12.6 Å². The van der Waals surface area contributed by atoms with Crippen LogP contribution in [0.5, 0.6) is 0 Å². The Balaban J connectivity index is 2.43. The van der Waals surface area contributed by atoms with Gasteiger partial charge in [-0.1, -0.05) is 26.2 Å². The number of nitrogens with one attached hydrogen (secondary N) is 1. The minimum atomic E-state index is -0.435. The van der Waals surface area contributed by atoms with Crippen LogP contribution >= 0.6 is 0 Å². The van der Waals surface area contributed by atoms with E-state index in [-0.39, 0.29) is 5.91 Å². The second-order valence-corrected chi connectivity index (χ2v) is 5.69. The first-order valence-electron chi connectivity index (χ1n) is 6.50. The predicted molar refractivity (Wildman–Crippen MR) is 67.0 cm³/mol. The molecule has 3 N–H and O–H groups in total. The summed E-state index contributed by atoms with van der Waals surface area (Å²) in [6, 6.07) is 0.581. The van der Waals surface area contributed by atoms with Crippen LogP contribution < -0.4 is 11.1 Å². The molecule has 0 spiro atoms. The molecule has 3 nitrogen and oxygen atoms in total. The Labute approximate surface area is 99.2 Å². The number of carbonyl (C=O) groups is 1. The first-order chi connectivity index (χ1) is 7.47. The minimum Gasteiger partial charge on any atom is -0.369 e. The molecule has 1 amide bonds. The Kier molecular flexibility index (Phi) is 4.78. The minimum absolute atomic E-state index is 0.219. The van der Waals surface area contributed by atoms with E-state index in [2.05, 4.69) is 12.2 Å². The smallest absolute Gasteiger partial charge is 0.224 e. The van der Waals surface area contributed by atoms with Gasteiger partial charge in [0.25, 0.3) is 0 Å². The van der Waals surface area contributed by atoms with Gasteiger partial charge in [-0.3, -0.25) is 4.79 Å². The SMILES string of the molecule is CCC1CCCCC1NCC(C)(C)C(N)=O. The average Bonchev–Trinajstić information content (AvgIpc) is 2.26. The van der Waals surface area contributed by atoms with Gasteiger partial charge >= 0.3 is 0 Å². The van der Waals surface area contributed by atoms with Crippen LogP contribution in [0, 0.1) is 11.3 Å². The van der Waals surface area contributed by atoms with Crippen LogP contribution in [0.3, 0.4) is 0 Å². The van der Waals surface area contributed by atoms with Crippen molar-refractivity contribution in [1.29, 1.82) is 0 Å². The van der Waals surface area contributed by atoms with Crippen LogP contribution in [0.15, 0.2) is 0 Å². The van der Waals surface area contributed by atoms with E-state index >= 15 is 0 Å². The summed E-state index contributed by atoms with van der Waals surface area (Å²) in [6.07, 6.45) is 6.47. The predicted octanol–water partition coefficient (Wildman–Crippen LogP) is 2.06. The molecular weight excluding hydrogens is 200 g/mol. The lowest BCUT2D eigenvalue weighted by Crippen LogP contribution is -2.47. The second kappa shape index (κ2) is 5.67. The van der Waals surface area contributed by atoms with Gasteiger partial charge in [-0.15, -0.1) is 0 Å². The summed E-state index contributed by atoms with van der Waals surface area (Å²) in [4.78, 5) is 11.2. The standard InChI is InChI=1S/C13H26N2O/c1-4-10-7-5-6-8-11(10)15-9-13(2,3)12(14)16/h10-11,15H,4-9H2,1-3H3,(H2,14,16). The van der Waals surface area contributed by atoms with Gasteiger partial charge in [-0.25, -0.2) is 0 Å². The van der Waals surface area contributed by atoms with Gasteiger partial charge < -0.3 is 11.1 Å². The second-order valence-electron chi connectivity index (χ2n) is 5.69. The van der Waals surface area contributed by atoms with E-state index in [9.17, 15) is 4.79 Å². The maximum absolute atomic E-state index is 11.2. The lowest BCUT2D eigenvalue weighted by atomic mass is 9.82. The third-order valence-electron chi connectivity index (χ3n) is 3.91. The lowest BCUT2D eigenvalue weighted by Gasteiger charge is -2.34. The lowest BCUT2D eigenvalue weighted by molar-refractivity contribution is -0.125. The molecule has 0 aliphatic heterocycles. The first-order valence-corrected chi connectivity index (χ1v) is 6.50. The fourth-order valence-corrected chi connectivity index (χ4v) is 2.44. The van der Waals surface area contributed by atoms with E-state index in [0.717, 1.165) is 5.92 Å². The monoisotopic (exact) mass is 226 g/mol. The van der Waals surface area contributed by atoms with Gasteiger partial charge in [0.2, 0.25) is 5.91 Å².